The molecular weight excluding hydrogens is 515 g/mol. The van der Waals surface area contributed by atoms with Crippen LogP contribution in [0, 0.1) is 0 Å². The van der Waals surface area contributed by atoms with Crippen molar-refractivity contribution in [3.8, 4) is 0 Å². The third kappa shape index (κ3) is 6.94. The molecule has 1 aliphatic rings. The van der Waals surface area contributed by atoms with Crippen molar-refractivity contribution in [1.82, 2.24) is 20.6 Å². The molecule has 0 aliphatic carbocycles. The van der Waals surface area contributed by atoms with Gasteiger partial charge in [0, 0.05) is 44.5 Å². The Labute approximate surface area is 206 Å². The topological polar surface area (TPSA) is 78.6 Å². The molecule has 0 amide bonds. The highest BCUT2D eigenvalue weighted by Crippen LogP contribution is 2.16. The van der Waals surface area contributed by atoms with Gasteiger partial charge in [-0.3, -0.25) is 4.99 Å². The van der Waals surface area contributed by atoms with Crippen LogP contribution in [0.25, 0.3) is 0 Å². The smallest absolute Gasteiger partial charge is 0.225 e. The number of piperidine rings is 1. The Kier molecular flexibility index (Phi) is 9.33. The second-order valence-electron chi connectivity index (χ2n) is 7.79. The van der Waals surface area contributed by atoms with Gasteiger partial charge in [0.1, 0.15) is 5.76 Å². The zero-order valence-electron chi connectivity index (χ0n) is 18.4. The number of nitrogens with zero attached hydrogens (tertiary/aromatic N) is 4. The number of rotatable bonds is 7. The summed E-state index contributed by atoms with van der Waals surface area (Å²) in [6.45, 7) is 4.68. The number of hydrogen-bond donors (Lipinski definition) is 2. The molecule has 8 heteroatoms. The van der Waals surface area contributed by atoms with Gasteiger partial charge in [0.2, 0.25) is 5.95 Å². The first kappa shape index (κ1) is 24.0. The maximum absolute atomic E-state index is 5.44. The molecule has 7 nitrogen and oxygen atoms in total. The molecule has 3 heterocycles. The van der Waals surface area contributed by atoms with Crippen molar-refractivity contribution in [3.05, 3.63) is 78.5 Å². The summed E-state index contributed by atoms with van der Waals surface area (Å²) in [5.41, 5.74) is 1.24. The Bertz CT molecular complexity index is 928. The summed E-state index contributed by atoms with van der Waals surface area (Å²) in [7, 11) is 0. The number of furan rings is 1. The lowest BCUT2D eigenvalue weighted by Crippen LogP contribution is -2.49. The van der Waals surface area contributed by atoms with E-state index in [1.54, 1.807) is 18.7 Å². The Morgan fingerprint density at radius 3 is 2.53 bits per heavy atom. The Morgan fingerprint density at radius 1 is 1.09 bits per heavy atom. The summed E-state index contributed by atoms with van der Waals surface area (Å²) in [4.78, 5) is 15.8. The molecule has 2 N–H and O–H groups in total. The number of aromatic nitrogens is 2. The first-order valence-corrected chi connectivity index (χ1v) is 10.9. The highest BCUT2D eigenvalue weighted by Gasteiger charge is 2.22. The number of guanidine groups is 1. The highest BCUT2D eigenvalue weighted by atomic mass is 127. The van der Waals surface area contributed by atoms with E-state index < -0.39 is 0 Å². The van der Waals surface area contributed by atoms with Crippen LogP contribution >= 0.6 is 24.0 Å². The fourth-order valence-corrected chi connectivity index (χ4v) is 3.77. The Balaban J connectivity index is 0.00000289. The summed E-state index contributed by atoms with van der Waals surface area (Å²) < 4.78 is 5.44. The third-order valence-corrected chi connectivity index (χ3v) is 5.53. The monoisotopic (exact) mass is 546 g/mol. The molecule has 1 aliphatic heterocycles. The predicted octanol–water partition coefficient (Wildman–Crippen LogP) is 4.20. The van der Waals surface area contributed by atoms with Gasteiger partial charge in [-0.2, -0.15) is 0 Å². The normalized spacial score (nSPS) is 15.7. The fourth-order valence-electron chi connectivity index (χ4n) is 3.77. The van der Waals surface area contributed by atoms with Gasteiger partial charge < -0.3 is 20.0 Å². The van der Waals surface area contributed by atoms with Crippen molar-refractivity contribution in [1.29, 1.82) is 0 Å². The van der Waals surface area contributed by atoms with Gasteiger partial charge in [-0.25, -0.2) is 9.97 Å². The van der Waals surface area contributed by atoms with Crippen LogP contribution in [0.3, 0.4) is 0 Å². The summed E-state index contributed by atoms with van der Waals surface area (Å²) in [5.74, 6) is 2.61. The lowest BCUT2D eigenvalue weighted by molar-refractivity contribution is 0.454. The van der Waals surface area contributed by atoms with Crippen LogP contribution in [0.15, 0.2) is 76.6 Å². The second-order valence-corrected chi connectivity index (χ2v) is 7.79. The minimum absolute atomic E-state index is 0. The molecule has 0 saturated carbocycles. The molecule has 1 unspecified atom stereocenters. The van der Waals surface area contributed by atoms with Gasteiger partial charge in [0.15, 0.2) is 5.96 Å². The summed E-state index contributed by atoms with van der Waals surface area (Å²) >= 11 is 0. The van der Waals surface area contributed by atoms with Gasteiger partial charge in [0.25, 0.3) is 0 Å². The van der Waals surface area contributed by atoms with Crippen LogP contribution in [0.4, 0.5) is 5.95 Å². The lowest BCUT2D eigenvalue weighted by Gasteiger charge is -2.33. The van der Waals surface area contributed by atoms with E-state index in [0.717, 1.165) is 50.0 Å². The zero-order valence-corrected chi connectivity index (χ0v) is 20.7. The van der Waals surface area contributed by atoms with E-state index in [2.05, 4.69) is 56.7 Å². The molecule has 0 spiro atoms. The number of halogens is 1. The maximum Gasteiger partial charge on any atom is 0.225 e. The van der Waals surface area contributed by atoms with E-state index in [9.17, 15) is 0 Å². The van der Waals surface area contributed by atoms with Crippen molar-refractivity contribution in [2.24, 2.45) is 4.99 Å². The second kappa shape index (κ2) is 12.4. The number of anilines is 1. The van der Waals surface area contributed by atoms with E-state index in [0.29, 0.717) is 12.6 Å². The standard InChI is InChI=1S/C24H30N6O.HI/c1-19(20-7-3-2-4-8-20)28-23(25-15-10-22-9-5-18-31-22)29-21-11-16-30(17-12-21)24-26-13-6-14-27-24;/h2-9,13-14,18-19,21H,10-12,15-17H2,1H3,(H2,25,28,29);1H. The SMILES string of the molecule is CC(NC(=NCCc1ccco1)NC1CCN(c2ncccn2)CC1)c1ccccc1.I. The molecule has 3 aromatic rings. The van der Waals surface area contributed by atoms with Gasteiger partial charge in [-0.15, -0.1) is 24.0 Å². The van der Waals surface area contributed by atoms with E-state index >= 15 is 0 Å². The molecule has 1 aromatic carbocycles. The van der Waals surface area contributed by atoms with Gasteiger partial charge >= 0.3 is 0 Å². The van der Waals surface area contributed by atoms with Crippen molar-refractivity contribution in [2.75, 3.05) is 24.5 Å². The van der Waals surface area contributed by atoms with E-state index in [4.69, 9.17) is 9.41 Å². The first-order valence-electron chi connectivity index (χ1n) is 10.9. The molecule has 0 bridgehead atoms. The Hall–Kier alpha value is -2.62. The molecule has 0 radical (unpaired) electrons. The molecule has 2 aromatic heterocycles. The molecule has 170 valence electrons. The third-order valence-electron chi connectivity index (χ3n) is 5.53. The quantitative estimate of drug-likeness (QED) is 0.263. The average Bonchev–Trinajstić information content (AvgIpc) is 3.34. The van der Waals surface area contributed by atoms with Crippen LogP contribution < -0.4 is 15.5 Å². The number of nitrogens with one attached hydrogen (secondary N) is 2. The highest BCUT2D eigenvalue weighted by molar-refractivity contribution is 14.0. The van der Waals surface area contributed by atoms with Crippen molar-refractivity contribution >= 4 is 35.9 Å². The maximum atomic E-state index is 5.44. The van der Waals surface area contributed by atoms with Crippen LogP contribution in [0.1, 0.15) is 37.1 Å². The van der Waals surface area contributed by atoms with Crippen LogP contribution in [0.5, 0.6) is 0 Å². The summed E-state index contributed by atoms with van der Waals surface area (Å²) in [5, 5.41) is 7.22. The number of aliphatic imine (C=N–C) groups is 1. The van der Waals surface area contributed by atoms with Crippen LogP contribution in [-0.2, 0) is 6.42 Å². The summed E-state index contributed by atoms with van der Waals surface area (Å²) in [6, 6.07) is 16.7. The van der Waals surface area contributed by atoms with Crippen molar-refractivity contribution < 1.29 is 4.42 Å². The molecule has 4 rings (SSSR count). The zero-order chi connectivity index (χ0) is 21.3. The minimum atomic E-state index is 0. The molecule has 1 saturated heterocycles. The van der Waals surface area contributed by atoms with Gasteiger partial charge in [-0.1, -0.05) is 30.3 Å². The summed E-state index contributed by atoms with van der Waals surface area (Å²) in [6.07, 6.45) is 8.10. The largest absolute Gasteiger partial charge is 0.469 e. The predicted molar refractivity (Wildman–Crippen MR) is 139 cm³/mol. The van der Waals surface area contributed by atoms with Gasteiger partial charge in [-0.05, 0) is 43.5 Å². The first-order chi connectivity index (χ1) is 15.3. The molecular formula is C24H31IN6O. The Morgan fingerprint density at radius 2 is 1.84 bits per heavy atom. The molecule has 32 heavy (non-hydrogen) atoms. The van der Waals surface area contributed by atoms with Crippen molar-refractivity contribution in [3.63, 3.8) is 0 Å². The lowest BCUT2D eigenvalue weighted by atomic mass is 10.1. The van der Waals surface area contributed by atoms with E-state index in [1.807, 2.05) is 24.3 Å². The number of benzene rings is 1. The fraction of sp³-hybridized carbons (Fsp3) is 0.375. The average molecular weight is 546 g/mol. The van der Waals surface area contributed by atoms with E-state index in [1.165, 1.54) is 5.56 Å². The van der Waals surface area contributed by atoms with E-state index in [-0.39, 0.29) is 30.0 Å². The molecule has 1 atom stereocenters. The number of hydrogen-bond acceptors (Lipinski definition) is 5. The molecule has 1 fully saturated rings. The van der Waals surface area contributed by atoms with Crippen LogP contribution in [-0.4, -0.2) is 41.6 Å². The van der Waals surface area contributed by atoms with Crippen molar-refractivity contribution in [2.45, 2.75) is 38.3 Å². The van der Waals surface area contributed by atoms with Gasteiger partial charge in [0.05, 0.1) is 12.3 Å². The minimum Gasteiger partial charge on any atom is -0.469 e. The van der Waals surface area contributed by atoms with Crippen LogP contribution in [0.2, 0.25) is 0 Å².